The highest BCUT2D eigenvalue weighted by Crippen LogP contribution is 2.30. The number of sulfonamides is 1. The van der Waals surface area contributed by atoms with Crippen LogP contribution in [0.15, 0.2) is 83.8 Å². The van der Waals surface area contributed by atoms with E-state index in [0.717, 1.165) is 4.31 Å². The molecular weight excluding hydrogens is 529 g/mol. The van der Waals surface area contributed by atoms with Gasteiger partial charge in [-0.2, -0.15) is 0 Å². The van der Waals surface area contributed by atoms with Crippen molar-refractivity contribution in [2.75, 3.05) is 10.8 Å². The van der Waals surface area contributed by atoms with Crippen LogP contribution in [-0.2, 0) is 26.2 Å². The fourth-order valence-corrected chi connectivity index (χ4v) is 5.72. The van der Waals surface area contributed by atoms with Crippen molar-refractivity contribution in [2.24, 2.45) is 0 Å². The van der Waals surface area contributed by atoms with Gasteiger partial charge in [-0.25, -0.2) is 12.8 Å². The van der Waals surface area contributed by atoms with Crippen LogP contribution in [-0.4, -0.2) is 43.8 Å². The summed E-state index contributed by atoms with van der Waals surface area (Å²) in [6, 6.07) is 18.6. The lowest BCUT2D eigenvalue weighted by Gasteiger charge is -2.33. The number of hydrogen-bond acceptors (Lipinski definition) is 4. The summed E-state index contributed by atoms with van der Waals surface area (Å²) in [6.07, 6.45) is 0.281. The Labute approximate surface area is 228 Å². The molecule has 0 fully saturated rings. The number of halogens is 2. The number of para-hydroxylation sites is 1. The summed E-state index contributed by atoms with van der Waals surface area (Å²) >= 11 is 6.39. The fourth-order valence-electron chi connectivity index (χ4n) is 3.97. The van der Waals surface area contributed by atoms with Gasteiger partial charge < -0.3 is 10.2 Å². The maximum Gasteiger partial charge on any atom is 0.264 e. The number of rotatable bonds is 11. The number of nitrogens with zero attached hydrogens (tertiary/aromatic N) is 2. The summed E-state index contributed by atoms with van der Waals surface area (Å²) < 4.78 is 42.0. The van der Waals surface area contributed by atoms with Crippen LogP contribution in [0.3, 0.4) is 0 Å². The molecule has 1 atom stereocenters. The Morgan fingerprint density at radius 3 is 2.13 bits per heavy atom. The summed E-state index contributed by atoms with van der Waals surface area (Å²) in [4.78, 5) is 28.3. The summed E-state index contributed by atoms with van der Waals surface area (Å²) in [6.45, 7) is 4.76. The Morgan fingerprint density at radius 2 is 1.55 bits per heavy atom. The van der Waals surface area contributed by atoms with Crippen molar-refractivity contribution in [3.63, 3.8) is 0 Å². The lowest BCUT2D eigenvalue weighted by atomic mass is 10.1. The van der Waals surface area contributed by atoms with Gasteiger partial charge in [-0.15, -0.1) is 0 Å². The molecule has 0 aliphatic rings. The predicted octanol–water partition coefficient (Wildman–Crippen LogP) is 5.01. The zero-order valence-electron chi connectivity index (χ0n) is 21.5. The van der Waals surface area contributed by atoms with E-state index in [9.17, 15) is 22.4 Å². The van der Waals surface area contributed by atoms with E-state index in [-0.39, 0.29) is 40.5 Å². The lowest BCUT2D eigenvalue weighted by Crippen LogP contribution is -2.53. The molecule has 202 valence electrons. The van der Waals surface area contributed by atoms with Crippen molar-refractivity contribution in [1.29, 1.82) is 0 Å². The van der Waals surface area contributed by atoms with Gasteiger partial charge in [0.25, 0.3) is 10.0 Å². The minimum atomic E-state index is -4.20. The molecule has 0 bridgehead atoms. The average Bonchev–Trinajstić information content (AvgIpc) is 2.88. The molecule has 0 saturated carbocycles. The molecule has 0 aliphatic heterocycles. The topological polar surface area (TPSA) is 86.8 Å². The van der Waals surface area contributed by atoms with Crippen LogP contribution >= 0.6 is 11.6 Å². The molecule has 3 aromatic rings. The largest absolute Gasteiger partial charge is 0.352 e. The monoisotopic (exact) mass is 559 g/mol. The van der Waals surface area contributed by atoms with Gasteiger partial charge in [-0.3, -0.25) is 13.9 Å². The molecule has 7 nitrogen and oxygen atoms in total. The second-order valence-electron chi connectivity index (χ2n) is 9.01. The molecule has 0 unspecified atom stereocenters. The van der Waals surface area contributed by atoms with E-state index in [4.69, 9.17) is 11.6 Å². The minimum absolute atomic E-state index is 0.0117. The van der Waals surface area contributed by atoms with Crippen molar-refractivity contribution in [3.8, 4) is 0 Å². The molecule has 1 N–H and O–H groups in total. The zero-order valence-corrected chi connectivity index (χ0v) is 23.0. The number of carbonyl (C=O) groups is 2. The van der Waals surface area contributed by atoms with E-state index in [2.05, 4.69) is 5.32 Å². The number of anilines is 1. The maximum absolute atomic E-state index is 13.9. The Morgan fingerprint density at radius 1 is 0.947 bits per heavy atom. The van der Waals surface area contributed by atoms with E-state index >= 15 is 0 Å². The van der Waals surface area contributed by atoms with Crippen LogP contribution in [0.25, 0.3) is 0 Å². The number of amides is 2. The third-order valence-electron chi connectivity index (χ3n) is 5.81. The van der Waals surface area contributed by atoms with Gasteiger partial charge in [-0.05, 0) is 62.2 Å². The third kappa shape index (κ3) is 7.11. The molecule has 0 aliphatic carbocycles. The molecule has 2 amide bonds. The highest BCUT2D eigenvalue weighted by atomic mass is 35.5. The molecule has 0 aromatic heterocycles. The van der Waals surface area contributed by atoms with E-state index in [1.54, 1.807) is 37.3 Å². The van der Waals surface area contributed by atoms with Gasteiger partial charge >= 0.3 is 0 Å². The lowest BCUT2D eigenvalue weighted by molar-refractivity contribution is -0.140. The zero-order chi connectivity index (χ0) is 27.9. The normalized spacial score (nSPS) is 12.2. The Balaban J connectivity index is 2.06. The van der Waals surface area contributed by atoms with Crippen LogP contribution in [0.4, 0.5) is 10.1 Å². The Kier molecular flexibility index (Phi) is 9.88. The number of benzene rings is 3. The van der Waals surface area contributed by atoms with Gasteiger partial charge in [-0.1, -0.05) is 61.0 Å². The van der Waals surface area contributed by atoms with Crippen LogP contribution in [0.2, 0.25) is 5.02 Å². The van der Waals surface area contributed by atoms with Crippen LogP contribution in [0, 0.1) is 5.82 Å². The van der Waals surface area contributed by atoms with Crippen molar-refractivity contribution in [2.45, 2.75) is 50.7 Å². The van der Waals surface area contributed by atoms with E-state index < -0.39 is 34.3 Å². The highest BCUT2D eigenvalue weighted by Gasteiger charge is 2.34. The summed E-state index contributed by atoms with van der Waals surface area (Å²) in [5.41, 5.74) is 0.721. The molecule has 0 spiro atoms. The highest BCUT2D eigenvalue weighted by molar-refractivity contribution is 7.92. The maximum atomic E-state index is 13.9. The van der Waals surface area contributed by atoms with E-state index in [1.165, 1.54) is 53.4 Å². The first-order chi connectivity index (χ1) is 18.0. The van der Waals surface area contributed by atoms with Gasteiger partial charge in [0.2, 0.25) is 11.8 Å². The molecule has 0 heterocycles. The molecule has 10 heteroatoms. The van der Waals surface area contributed by atoms with E-state index in [0.29, 0.717) is 5.56 Å². The van der Waals surface area contributed by atoms with Crippen LogP contribution < -0.4 is 9.62 Å². The second-order valence-corrected chi connectivity index (χ2v) is 11.3. The number of hydrogen-bond donors (Lipinski definition) is 1. The van der Waals surface area contributed by atoms with Crippen LogP contribution in [0.1, 0.15) is 32.8 Å². The first kappa shape index (κ1) is 29.1. The van der Waals surface area contributed by atoms with Crippen molar-refractivity contribution in [3.05, 3.63) is 95.3 Å². The molecule has 0 radical (unpaired) electrons. The SMILES string of the molecule is CC[C@H](C(=O)NC(C)C)N(Cc1ccc(F)cc1)C(=O)CN(c1ccccc1Cl)S(=O)(=O)c1ccccc1. The van der Waals surface area contributed by atoms with Crippen molar-refractivity contribution >= 4 is 39.1 Å². The second kappa shape index (κ2) is 12.9. The number of nitrogens with one attached hydrogen (secondary N) is 1. The summed E-state index contributed by atoms with van der Waals surface area (Å²) in [5.74, 6) is -1.41. The smallest absolute Gasteiger partial charge is 0.264 e. The Hall–Kier alpha value is -3.43. The predicted molar refractivity (Wildman–Crippen MR) is 147 cm³/mol. The fraction of sp³-hybridized carbons (Fsp3) is 0.286. The summed E-state index contributed by atoms with van der Waals surface area (Å²) in [5, 5.41) is 2.98. The third-order valence-corrected chi connectivity index (χ3v) is 7.91. The standard InChI is InChI=1S/C28H31ClFN3O4S/c1-4-25(28(35)31-20(2)3)32(18-21-14-16-22(30)17-15-21)27(34)19-33(26-13-9-8-12-24(26)29)38(36,37)23-10-6-5-7-11-23/h5-17,20,25H,4,18-19H2,1-3H3,(H,31,35)/t25-/m1/s1. The molecule has 3 rings (SSSR count). The molecule has 0 saturated heterocycles. The van der Waals surface area contributed by atoms with E-state index in [1.807, 2.05) is 13.8 Å². The van der Waals surface area contributed by atoms with Gasteiger partial charge in [0.15, 0.2) is 0 Å². The first-order valence-corrected chi connectivity index (χ1v) is 14.0. The summed E-state index contributed by atoms with van der Waals surface area (Å²) in [7, 11) is -4.20. The van der Waals surface area contributed by atoms with Gasteiger partial charge in [0, 0.05) is 12.6 Å². The minimum Gasteiger partial charge on any atom is -0.352 e. The quantitative estimate of drug-likeness (QED) is 0.358. The Bertz CT molecular complexity index is 1350. The van der Waals surface area contributed by atoms with Gasteiger partial charge in [0.05, 0.1) is 15.6 Å². The molecular formula is C28H31ClFN3O4S. The molecule has 38 heavy (non-hydrogen) atoms. The first-order valence-electron chi connectivity index (χ1n) is 12.2. The molecule has 3 aromatic carbocycles. The van der Waals surface area contributed by atoms with Crippen molar-refractivity contribution < 1.29 is 22.4 Å². The average molecular weight is 560 g/mol. The number of carbonyl (C=O) groups excluding carboxylic acids is 2. The van der Waals surface area contributed by atoms with Crippen molar-refractivity contribution in [1.82, 2.24) is 10.2 Å². The van der Waals surface area contributed by atoms with Crippen LogP contribution in [0.5, 0.6) is 0 Å². The van der Waals surface area contributed by atoms with Gasteiger partial charge in [0.1, 0.15) is 18.4 Å².